The molecule has 4 aliphatic heterocycles. The van der Waals surface area contributed by atoms with Crippen molar-refractivity contribution in [1.29, 1.82) is 0 Å². The summed E-state index contributed by atoms with van der Waals surface area (Å²) in [6.45, 7) is 3.55. The van der Waals surface area contributed by atoms with E-state index in [2.05, 4.69) is 0 Å². The molecule has 19 nitrogen and oxygen atoms in total. The van der Waals surface area contributed by atoms with E-state index in [0.717, 1.165) is 34.2 Å². The number of carboxylic acids is 1. The summed E-state index contributed by atoms with van der Waals surface area (Å²) in [5.74, 6) is -3.03. The number of rotatable bonds is 8. The van der Waals surface area contributed by atoms with Gasteiger partial charge in [-0.1, -0.05) is 13.8 Å². The zero-order valence-corrected chi connectivity index (χ0v) is 29.6. The second-order valence-electron chi connectivity index (χ2n) is 13.6. The molecule has 2 aromatic carbocycles. The predicted molar refractivity (Wildman–Crippen MR) is 185 cm³/mol. The zero-order valence-electron chi connectivity index (χ0n) is 29.6. The fraction of sp³-hybridized carbons (Fsp3) is 0.417. The van der Waals surface area contributed by atoms with Crippen molar-refractivity contribution in [2.75, 3.05) is 18.6 Å². The molecule has 3 aromatic rings. The largest absolute Gasteiger partial charge is 0.479 e. The number of non-ortho nitro benzene ring substituents is 1. The number of benzene rings is 2. The number of aliphatic hydroxyl groups excluding tert-OH is 3. The Balaban J connectivity index is 1.17. The molecule has 0 bridgehead atoms. The lowest BCUT2D eigenvalue weighted by molar-refractivity contribution is -0.384. The van der Waals surface area contributed by atoms with E-state index in [1.807, 2.05) is 6.92 Å². The van der Waals surface area contributed by atoms with E-state index < -0.39 is 71.0 Å². The van der Waals surface area contributed by atoms with Crippen molar-refractivity contribution in [3.05, 3.63) is 74.5 Å². The van der Waals surface area contributed by atoms with Crippen LogP contribution in [0.15, 0.2) is 47.5 Å². The standard InChI is InChI=1S/C36H36N4O15/c1-4-17-18-11-16(7-8-22(18)37-26-19(17)13-39-24(26)12-21-20(31(39)44)14-52-34(47)36(21,49)5-2)53-35(48)38(3)23-10-15(40(50)51)6-9-25(23)54-33-29(43)27(41)28(42)30(55-33)32(45)46/h6-11,24,27-30,33,41-43,49H,4-5,12-14H2,1-3H3,(H,45,46)/t24?,27-,28-,29+,30-,33+,36-/m0/s1. The lowest BCUT2D eigenvalue weighted by Crippen LogP contribution is -2.61. The molecule has 1 aromatic heterocycles. The minimum absolute atomic E-state index is 0.0372. The van der Waals surface area contributed by atoms with Gasteiger partial charge in [0.05, 0.1) is 33.4 Å². The SMILES string of the molecule is CCc1c2c(nc3ccc(OC(=O)N(C)c4cc([N+](=O)[O-])ccc4O[C@@H]4O[C@H](C(=O)O)[C@@H](O)[C@H](O)[C@H]4O)cc13)C1CC3=C(COC(=O)[C@]3(O)CC)C(=O)N1C2. The highest BCUT2D eigenvalue weighted by molar-refractivity contribution is 6.01. The third kappa shape index (κ3) is 6.09. The predicted octanol–water partition coefficient (Wildman–Crippen LogP) is 1.39. The molecule has 290 valence electrons. The molecule has 0 spiro atoms. The molecule has 7 rings (SSSR count). The van der Waals surface area contributed by atoms with Gasteiger partial charge in [-0.15, -0.1) is 0 Å². The Hall–Kier alpha value is -5.73. The average molecular weight is 765 g/mol. The molecule has 1 fully saturated rings. The van der Waals surface area contributed by atoms with Crippen LogP contribution in [-0.4, -0.2) is 114 Å². The number of carboxylic acid groups (broad SMARTS) is 1. The number of carbonyl (C=O) groups is 4. The number of aliphatic carboxylic acids is 1. The van der Waals surface area contributed by atoms with Gasteiger partial charge >= 0.3 is 18.0 Å². The maximum Gasteiger partial charge on any atom is 0.419 e. The van der Waals surface area contributed by atoms with E-state index in [9.17, 15) is 54.8 Å². The van der Waals surface area contributed by atoms with Gasteiger partial charge in [-0.05, 0) is 60.2 Å². The van der Waals surface area contributed by atoms with Gasteiger partial charge in [0.15, 0.2) is 11.7 Å². The molecule has 5 heterocycles. The van der Waals surface area contributed by atoms with E-state index in [1.165, 1.54) is 13.1 Å². The van der Waals surface area contributed by atoms with Gasteiger partial charge < -0.3 is 49.4 Å². The van der Waals surface area contributed by atoms with Crippen LogP contribution in [0.3, 0.4) is 0 Å². The van der Waals surface area contributed by atoms with E-state index >= 15 is 0 Å². The number of cyclic esters (lactones) is 1. The Kier molecular flexibility index (Phi) is 9.46. The Morgan fingerprint density at radius 1 is 1.11 bits per heavy atom. The first-order chi connectivity index (χ1) is 26.1. The average Bonchev–Trinajstić information content (AvgIpc) is 3.53. The number of nitrogens with zero attached hydrogens (tertiary/aromatic N) is 4. The number of ether oxygens (including phenoxy) is 4. The highest BCUT2D eigenvalue weighted by Gasteiger charge is 2.53. The van der Waals surface area contributed by atoms with Gasteiger partial charge in [0, 0.05) is 31.1 Å². The molecule has 1 unspecified atom stereocenters. The van der Waals surface area contributed by atoms with Crippen molar-refractivity contribution in [2.24, 2.45) is 0 Å². The topological polar surface area (TPSA) is 269 Å². The Labute approximate surface area is 311 Å². The first-order valence-electron chi connectivity index (χ1n) is 17.3. The van der Waals surface area contributed by atoms with Crippen LogP contribution in [0, 0.1) is 10.1 Å². The first kappa shape index (κ1) is 37.6. The number of esters is 1. The van der Waals surface area contributed by atoms with E-state index in [0.29, 0.717) is 28.6 Å². The third-order valence-corrected chi connectivity index (χ3v) is 10.6. The first-order valence-corrected chi connectivity index (χ1v) is 17.3. The van der Waals surface area contributed by atoms with Gasteiger partial charge in [-0.2, -0.15) is 0 Å². The monoisotopic (exact) mass is 764 g/mol. The summed E-state index contributed by atoms with van der Waals surface area (Å²) in [5.41, 5.74) is 0.752. The molecule has 55 heavy (non-hydrogen) atoms. The number of amides is 2. The summed E-state index contributed by atoms with van der Waals surface area (Å²) >= 11 is 0. The van der Waals surface area contributed by atoms with Crippen LogP contribution < -0.4 is 14.4 Å². The molecule has 19 heteroatoms. The number of carbonyl (C=O) groups excluding carboxylic acids is 3. The second kappa shape index (κ2) is 13.8. The number of aromatic nitrogens is 1. The smallest absolute Gasteiger partial charge is 0.419 e. The molecule has 0 radical (unpaired) electrons. The van der Waals surface area contributed by atoms with Crippen molar-refractivity contribution in [3.8, 4) is 11.5 Å². The van der Waals surface area contributed by atoms with E-state index in [-0.39, 0.29) is 54.7 Å². The number of hydrogen-bond donors (Lipinski definition) is 5. The molecular formula is C36H36N4O15. The molecule has 4 aliphatic rings. The van der Waals surface area contributed by atoms with Crippen LogP contribution >= 0.6 is 0 Å². The number of hydrogen-bond acceptors (Lipinski definition) is 15. The molecular weight excluding hydrogens is 728 g/mol. The van der Waals surface area contributed by atoms with Crippen molar-refractivity contribution >= 4 is 46.2 Å². The number of aryl methyl sites for hydroxylation is 1. The van der Waals surface area contributed by atoms with Gasteiger partial charge in [-0.3, -0.25) is 24.8 Å². The Morgan fingerprint density at radius 3 is 2.53 bits per heavy atom. The normalized spacial score (nSPS) is 27.2. The molecule has 0 saturated carbocycles. The second-order valence-corrected chi connectivity index (χ2v) is 13.6. The highest BCUT2D eigenvalue weighted by Crippen LogP contribution is 2.48. The fourth-order valence-corrected chi connectivity index (χ4v) is 7.58. The number of fused-ring (bicyclic) bond motifs is 4. The number of nitro benzene ring substituents is 1. The molecule has 5 N–H and O–H groups in total. The van der Waals surface area contributed by atoms with Crippen molar-refractivity contribution < 1.29 is 68.6 Å². The minimum Gasteiger partial charge on any atom is -0.479 e. The summed E-state index contributed by atoms with van der Waals surface area (Å²) in [7, 11) is 1.22. The van der Waals surface area contributed by atoms with Crippen LogP contribution in [0.5, 0.6) is 11.5 Å². The third-order valence-electron chi connectivity index (χ3n) is 10.6. The highest BCUT2D eigenvalue weighted by atomic mass is 16.7. The number of aliphatic hydroxyl groups is 4. The fourth-order valence-electron chi connectivity index (χ4n) is 7.58. The van der Waals surface area contributed by atoms with Crippen LogP contribution in [0.2, 0.25) is 0 Å². The summed E-state index contributed by atoms with van der Waals surface area (Å²) in [4.78, 5) is 69.8. The number of nitro groups is 1. The molecule has 0 aliphatic carbocycles. The van der Waals surface area contributed by atoms with Gasteiger partial charge in [0.1, 0.15) is 36.4 Å². The van der Waals surface area contributed by atoms with Gasteiger partial charge in [0.2, 0.25) is 6.29 Å². The van der Waals surface area contributed by atoms with Crippen molar-refractivity contribution in [2.45, 2.75) is 82.0 Å². The van der Waals surface area contributed by atoms with E-state index in [4.69, 9.17) is 23.9 Å². The Bertz CT molecular complexity index is 2190. The summed E-state index contributed by atoms with van der Waals surface area (Å²) in [6, 6.07) is 7.24. The molecule has 7 atom stereocenters. The van der Waals surface area contributed by atoms with Crippen LogP contribution in [0.1, 0.15) is 49.6 Å². The van der Waals surface area contributed by atoms with Gasteiger partial charge in [-0.25, -0.2) is 14.4 Å². The van der Waals surface area contributed by atoms with Crippen molar-refractivity contribution in [1.82, 2.24) is 9.88 Å². The number of pyridine rings is 1. The van der Waals surface area contributed by atoms with Crippen molar-refractivity contribution in [3.63, 3.8) is 0 Å². The quantitative estimate of drug-likeness (QED) is 0.123. The lowest BCUT2D eigenvalue weighted by atomic mass is 9.79. The summed E-state index contributed by atoms with van der Waals surface area (Å²) < 4.78 is 21.7. The van der Waals surface area contributed by atoms with Crippen LogP contribution in [-0.2, 0) is 36.8 Å². The van der Waals surface area contributed by atoms with Crippen LogP contribution in [0.4, 0.5) is 16.2 Å². The maximum absolute atomic E-state index is 13.7. The lowest BCUT2D eigenvalue weighted by Gasteiger charge is -2.41. The van der Waals surface area contributed by atoms with E-state index in [1.54, 1.807) is 24.0 Å². The summed E-state index contributed by atoms with van der Waals surface area (Å²) in [6.07, 6.45) is -10.1. The van der Waals surface area contributed by atoms with Crippen LogP contribution in [0.25, 0.3) is 10.9 Å². The summed E-state index contributed by atoms with van der Waals surface area (Å²) in [5, 5.41) is 63.7. The Morgan fingerprint density at radius 2 is 1.85 bits per heavy atom. The number of anilines is 1. The molecule has 1 saturated heterocycles. The zero-order chi connectivity index (χ0) is 39.7. The molecule has 2 amide bonds. The van der Waals surface area contributed by atoms with Gasteiger partial charge in [0.25, 0.3) is 11.6 Å². The minimum atomic E-state index is -2.00. The maximum atomic E-state index is 13.7.